The lowest BCUT2D eigenvalue weighted by Gasteiger charge is -2.37. The van der Waals surface area contributed by atoms with E-state index in [9.17, 15) is 14.7 Å². The van der Waals surface area contributed by atoms with Gasteiger partial charge in [0.2, 0.25) is 11.8 Å². The molecule has 36 heavy (non-hydrogen) atoms. The summed E-state index contributed by atoms with van der Waals surface area (Å²) in [5.74, 6) is -0.0406. The van der Waals surface area contributed by atoms with Gasteiger partial charge >= 0.3 is 0 Å². The minimum Gasteiger partial charge on any atom is -0.472 e. The number of allylic oxidation sites excluding steroid dienone is 2. The lowest BCUT2D eigenvalue weighted by Crippen LogP contribution is -2.50. The first-order valence-corrected chi connectivity index (χ1v) is 12.8. The number of fused-ring (bicyclic) bond motifs is 1. The molecule has 4 rings (SSSR count). The van der Waals surface area contributed by atoms with Crippen molar-refractivity contribution in [1.82, 2.24) is 19.8 Å². The highest BCUT2D eigenvalue weighted by Crippen LogP contribution is 2.32. The molecule has 0 spiro atoms. The Balaban J connectivity index is 1.61. The van der Waals surface area contributed by atoms with Gasteiger partial charge in [0.1, 0.15) is 11.7 Å². The maximum Gasteiger partial charge on any atom is 0.259 e. The molecular formula is C28H36N4O4. The Morgan fingerprint density at radius 1 is 1.33 bits per heavy atom. The maximum atomic E-state index is 13.6. The Morgan fingerprint density at radius 2 is 2.17 bits per heavy atom. The average molecular weight is 493 g/mol. The summed E-state index contributed by atoms with van der Waals surface area (Å²) in [6.07, 6.45) is 11.6. The number of aliphatic hydroxyl groups excluding tert-OH is 1. The van der Waals surface area contributed by atoms with E-state index in [1.54, 1.807) is 35.4 Å². The van der Waals surface area contributed by atoms with Crippen molar-refractivity contribution in [2.75, 3.05) is 26.7 Å². The molecule has 192 valence electrons. The van der Waals surface area contributed by atoms with Gasteiger partial charge in [-0.25, -0.2) is 4.98 Å². The van der Waals surface area contributed by atoms with Crippen molar-refractivity contribution < 1.29 is 19.4 Å². The summed E-state index contributed by atoms with van der Waals surface area (Å²) in [6, 6.07) is 5.22. The number of pyridine rings is 2. The van der Waals surface area contributed by atoms with Gasteiger partial charge in [0.15, 0.2) is 0 Å². The van der Waals surface area contributed by atoms with Crippen LogP contribution in [0.25, 0.3) is 5.57 Å². The average Bonchev–Trinajstić information content (AvgIpc) is 2.91. The molecule has 2 aromatic rings. The lowest BCUT2D eigenvalue weighted by atomic mass is 9.93. The predicted molar refractivity (Wildman–Crippen MR) is 137 cm³/mol. The minimum absolute atomic E-state index is 0.0368. The van der Waals surface area contributed by atoms with Gasteiger partial charge in [0.05, 0.1) is 25.6 Å². The predicted octanol–water partition coefficient (Wildman–Crippen LogP) is 3.36. The molecule has 0 aromatic carbocycles. The van der Waals surface area contributed by atoms with E-state index in [4.69, 9.17) is 4.74 Å². The van der Waals surface area contributed by atoms with E-state index in [0.717, 1.165) is 30.4 Å². The Morgan fingerprint density at radius 3 is 2.86 bits per heavy atom. The summed E-state index contributed by atoms with van der Waals surface area (Å²) in [6.45, 7) is 4.46. The number of carbonyl (C=O) groups is 2. The molecule has 1 N–H and O–H groups in total. The standard InChI is InChI=1S/C28H36N4O4/c1-19-16-32(20(2)18-33)28(35)24-13-23(22-9-5-4-6-10-22)15-30-27(24)36-25(19)17-31(3)26(34)12-21-8-7-11-29-14-21/h7-9,11,13-15,19-20,25,33H,4-6,10,12,16-18H2,1-3H3/t19-,20+,25+/m1/s1. The van der Waals surface area contributed by atoms with Gasteiger partial charge in [0, 0.05) is 38.1 Å². The van der Waals surface area contributed by atoms with Crippen LogP contribution in [-0.2, 0) is 11.2 Å². The van der Waals surface area contributed by atoms with Gasteiger partial charge in [-0.1, -0.05) is 19.1 Å². The summed E-state index contributed by atoms with van der Waals surface area (Å²) in [4.78, 5) is 38.6. The van der Waals surface area contributed by atoms with Crippen LogP contribution in [0, 0.1) is 5.92 Å². The van der Waals surface area contributed by atoms with Crippen molar-refractivity contribution in [3.05, 3.63) is 59.6 Å². The SMILES string of the molecule is C[C@@H]1CN([C@@H](C)CO)C(=O)c2cc(C3=CCCCC3)cnc2O[C@H]1CN(C)C(=O)Cc1cccnc1. The fourth-order valence-electron chi connectivity index (χ4n) is 4.78. The van der Waals surface area contributed by atoms with E-state index >= 15 is 0 Å². The van der Waals surface area contributed by atoms with Crippen LogP contribution in [0.2, 0.25) is 0 Å². The second kappa shape index (κ2) is 11.6. The van der Waals surface area contributed by atoms with Crippen molar-refractivity contribution in [3.63, 3.8) is 0 Å². The number of nitrogens with zero attached hydrogens (tertiary/aromatic N) is 4. The summed E-state index contributed by atoms with van der Waals surface area (Å²) in [5.41, 5.74) is 3.40. The summed E-state index contributed by atoms with van der Waals surface area (Å²) >= 11 is 0. The van der Waals surface area contributed by atoms with Crippen molar-refractivity contribution in [1.29, 1.82) is 0 Å². The second-order valence-electron chi connectivity index (χ2n) is 9.99. The summed E-state index contributed by atoms with van der Waals surface area (Å²) < 4.78 is 6.35. The zero-order valence-corrected chi connectivity index (χ0v) is 21.4. The van der Waals surface area contributed by atoms with Crippen LogP contribution in [0.5, 0.6) is 5.88 Å². The topological polar surface area (TPSA) is 95.9 Å². The molecule has 2 amide bonds. The molecule has 1 aliphatic heterocycles. The Labute approximate surface area is 213 Å². The fourth-order valence-corrected chi connectivity index (χ4v) is 4.78. The molecule has 0 unspecified atom stereocenters. The van der Waals surface area contributed by atoms with Gasteiger partial charge in [-0.3, -0.25) is 14.6 Å². The van der Waals surface area contributed by atoms with E-state index in [2.05, 4.69) is 16.0 Å². The number of hydrogen-bond donors (Lipinski definition) is 1. The molecule has 0 fully saturated rings. The van der Waals surface area contributed by atoms with E-state index < -0.39 is 0 Å². The number of rotatable bonds is 7. The summed E-state index contributed by atoms with van der Waals surface area (Å²) in [5, 5.41) is 9.88. The van der Waals surface area contributed by atoms with Crippen LogP contribution >= 0.6 is 0 Å². The highest BCUT2D eigenvalue weighted by atomic mass is 16.5. The van der Waals surface area contributed by atoms with E-state index in [0.29, 0.717) is 18.7 Å². The molecule has 3 atom stereocenters. The lowest BCUT2D eigenvalue weighted by molar-refractivity contribution is -0.130. The van der Waals surface area contributed by atoms with Gasteiger partial charge in [0.25, 0.3) is 5.91 Å². The molecule has 8 heteroatoms. The fraction of sp³-hybridized carbons (Fsp3) is 0.500. The van der Waals surface area contributed by atoms with Crippen molar-refractivity contribution >= 4 is 17.4 Å². The number of carbonyl (C=O) groups excluding carboxylic acids is 2. The Hall–Kier alpha value is -3.26. The molecule has 0 radical (unpaired) electrons. The van der Waals surface area contributed by atoms with Crippen molar-refractivity contribution in [2.24, 2.45) is 5.92 Å². The first kappa shape index (κ1) is 25.8. The third-order valence-electron chi connectivity index (χ3n) is 7.14. The minimum atomic E-state index is -0.375. The molecule has 0 bridgehead atoms. The van der Waals surface area contributed by atoms with Gasteiger partial charge in [-0.2, -0.15) is 0 Å². The number of aliphatic hydroxyl groups is 1. The second-order valence-corrected chi connectivity index (χ2v) is 9.99. The van der Waals surface area contributed by atoms with E-state index in [-0.39, 0.29) is 48.8 Å². The monoisotopic (exact) mass is 492 g/mol. The third-order valence-corrected chi connectivity index (χ3v) is 7.14. The smallest absolute Gasteiger partial charge is 0.259 e. The number of likely N-dealkylation sites (N-methyl/N-ethyl adjacent to an activating group) is 1. The Bertz CT molecular complexity index is 1100. The number of ether oxygens (including phenoxy) is 1. The van der Waals surface area contributed by atoms with Crippen LogP contribution < -0.4 is 4.74 Å². The molecule has 2 aliphatic rings. The Kier molecular flexibility index (Phi) is 8.36. The molecule has 8 nitrogen and oxygen atoms in total. The zero-order valence-electron chi connectivity index (χ0n) is 21.4. The molecule has 0 saturated heterocycles. The number of amides is 2. The first-order valence-electron chi connectivity index (χ1n) is 12.8. The molecule has 2 aromatic heterocycles. The third kappa shape index (κ3) is 5.93. The normalized spacial score (nSPS) is 20.9. The number of aromatic nitrogens is 2. The van der Waals surface area contributed by atoms with Crippen LogP contribution in [-0.4, -0.2) is 75.6 Å². The summed E-state index contributed by atoms with van der Waals surface area (Å²) in [7, 11) is 1.76. The zero-order chi connectivity index (χ0) is 25.7. The highest BCUT2D eigenvalue weighted by molar-refractivity contribution is 5.97. The van der Waals surface area contributed by atoms with Gasteiger partial charge in [-0.05, 0) is 61.4 Å². The molecule has 3 heterocycles. The van der Waals surface area contributed by atoms with Gasteiger partial charge < -0.3 is 19.6 Å². The molecular weight excluding hydrogens is 456 g/mol. The van der Waals surface area contributed by atoms with Crippen LogP contribution in [0.3, 0.4) is 0 Å². The van der Waals surface area contributed by atoms with Crippen molar-refractivity contribution in [2.45, 2.75) is 58.1 Å². The van der Waals surface area contributed by atoms with Crippen LogP contribution in [0.4, 0.5) is 0 Å². The number of hydrogen-bond acceptors (Lipinski definition) is 6. The van der Waals surface area contributed by atoms with Crippen LogP contribution in [0.15, 0.2) is 42.9 Å². The largest absolute Gasteiger partial charge is 0.472 e. The highest BCUT2D eigenvalue weighted by Gasteiger charge is 2.35. The first-order chi connectivity index (χ1) is 17.4. The molecule has 0 saturated carbocycles. The van der Waals surface area contributed by atoms with Crippen molar-refractivity contribution in [3.8, 4) is 5.88 Å². The quantitative estimate of drug-likeness (QED) is 0.637. The molecule has 1 aliphatic carbocycles. The van der Waals surface area contributed by atoms with Crippen LogP contribution in [0.1, 0.15) is 61.0 Å². The van der Waals surface area contributed by atoms with E-state index in [1.165, 1.54) is 12.0 Å². The van der Waals surface area contributed by atoms with Gasteiger partial charge in [-0.15, -0.1) is 0 Å². The maximum absolute atomic E-state index is 13.6. The van der Waals surface area contributed by atoms with E-state index in [1.807, 2.05) is 32.0 Å².